The van der Waals surface area contributed by atoms with Gasteiger partial charge in [-0.15, -0.1) is 0 Å². The van der Waals surface area contributed by atoms with Crippen molar-refractivity contribution in [2.24, 2.45) is 0 Å². The van der Waals surface area contributed by atoms with E-state index in [4.69, 9.17) is 10.5 Å². The van der Waals surface area contributed by atoms with Gasteiger partial charge in [0.15, 0.2) is 0 Å². The maximum atomic E-state index is 13.3. The molecule has 0 spiro atoms. The van der Waals surface area contributed by atoms with E-state index in [1.54, 1.807) is 6.07 Å². The van der Waals surface area contributed by atoms with Crippen LogP contribution in [0.25, 0.3) is 0 Å². The maximum Gasteiger partial charge on any atom is 0.243 e. The molecule has 0 aliphatic heterocycles. The van der Waals surface area contributed by atoms with Gasteiger partial charge in [0.05, 0.1) is 6.07 Å². The Morgan fingerprint density at radius 3 is 2.44 bits per heavy atom. The summed E-state index contributed by atoms with van der Waals surface area (Å²) in [7, 11) is -4.13. The Labute approximate surface area is 105 Å². The molecule has 0 amide bonds. The summed E-state index contributed by atoms with van der Waals surface area (Å²) in [6, 6.07) is 6.54. The van der Waals surface area contributed by atoms with Crippen molar-refractivity contribution in [1.29, 1.82) is 10.5 Å². The first-order valence-electron chi connectivity index (χ1n) is 4.87. The van der Waals surface area contributed by atoms with Crippen molar-refractivity contribution in [2.75, 3.05) is 0 Å². The van der Waals surface area contributed by atoms with Crippen molar-refractivity contribution in [1.82, 2.24) is 4.72 Å². The molecule has 1 N–H and O–H groups in total. The average Bonchev–Trinajstić information content (AvgIpc) is 2.27. The molecular weight excluding hydrogens is 257 g/mol. The van der Waals surface area contributed by atoms with E-state index in [-0.39, 0.29) is 0 Å². The van der Waals surface area contributed by atoms with Gasteiger partial charge in [-0.05, 0) is 26.0 Å². The van der Waals surface area contributed by atoms with E-state index in [0.29, 0.717) is 0 Å². The molecule has 0 saturated heterocycles. The van der Waals surface area contributed by atoms with Crippen LogP contribution < -0.4 is 4.72 Å². The van der Waals surface area contributed by atoms with Gasteiger partial charge in [-0.2, -0.15) is 15.2 Å². The molecule has 0 aliphatic carbocycles. The van der Waals surface area contributed by atoms with Crippen LogP contribution in [-0.2, 0) is 10.0 Å². The fourth-order valence-electron chi connectivity index (χ4n) is 1.25. The highest BCUT2D eigenvalue weighted by Gasteiger charge is 2.28. The number of nitriles is 2. The molecule has 18 heavy (non-hydrogen) atoms. The lowest BCUT2D eigenvalue weighted by Crippen LogP contribution is -2.42. The van der Waals surface area contributed by atoms with Gasteiger partial charge in [-0.3, -0.25) is 0 Å². The van der Waals surface area contributed by atoms with Gasteiger partial charge in [0, 0.05) is 0 Å². The first-order valence-corrected chi connectivity index (χ1v) is 6.35. The van der Waals surface area contributed by atoms with Crippen LogP contribution in [0.2, 0.25) is 0 Å². The first-order chi connectivity index (χ1) is 8.23. The van der Waals surface area contributed by atoms with Gasteiger partial charge in [0.25, 0.3) is 0 Å². The van der Waals surface area contributed by atoms with E-state index < -0.39 is 31.8 Å². The number of halogens is 1. The zero-order valence-corrected chi connectivity index (χ0v) is 10.5. The van der Waals surface area contributed by atoms with Gasteiger partial charge < -0.3 is 0 Å². The Balaban J connectivity index is 3.37. The second kappa shape index (κ2) is 4.73. The van der Waals surface area contributed by atoms with Crippen molar-refractivity contribution in [3.05, 3.63) is 29.6 Å². The van der Waals surface area contributed by atoms with Crippen LogP contribution in [0.1, 0.15) is 19.4 Å². The molecule has 0 bridgehead atoms. The van der Waals surface area contributed by atoms with E-state index >= 15 is 0 Å². The summed E-state index contributed by atoms with van der Waals surface area (Å²) in [4.78, 5) is -0.478. The summed E-state index contributed by atoms with van der Waals surface area (Å²) in [6.07, 6.45) is 0. The highest BCUT2D eigenvalue weighted by Crippen LogP contribution is 2.19. The number of hydrogen-bond acceptors (Lipinski definition) is 4. The summed E-state index contributed by atoms with van der Waals surface area (Å²) in [5.74, 6) is -0.921. The molecule has 1 aromatic carbocycles. The molecule has 1 aromatic rings. The summed E-state index contributed by atoms with van der Waals surface area (Å²) in [6.45, 7) is 2.71. The smallest absolute Gasteiger partial charge is 0.207 e. The number of nitrogens with one attached hydrogen (secondary N) is 1. The molecule has 1 rings (SSSR count). The third-order valence-corrected chi connectivity index (χ3v) is 3.74. The molecule has 0 radical (unpaired) electrons. The van der Waals surface area contributed by atoms with Crippen molar-refractivity contribution in [3.63, 3.8) is 0 Å². The van der Waals surface area contributed by atoms with Crippen molar-refractivity contribution >= 4 is 10.0 Å². The zero-order chi connectivity index (χ0) is 14.0. The fourth-order valence-corrected chi connectivity index (χ4v) is 2.75. The normalized spacial score (nSPS) is 11.6. The largest absolute Gasteiger partial charge is 0.243 e. The molecule has 0 fully saturated rings. The number of benzene rings is 1. The molecule has 0 aromatic heterocycles. The van der Waals surface area contributed by atoms with E-state index in [1.807, 2.05) is 0 Å². The maximum absolute atomic E-state index is 13.3. The minimum atomic E-state index is -4.13. The van der Waals surface area contributed by atoms with E-state index in [9.17, 15) is 12.8 Å². The summed E-state index contributed by atoms with van der Waals surface area (Å²) in [5, 5.41) is 17.5. The molecule has 5 nitrogen and oxygen atoms in total. The van der Waals surface area contributed by atoms with Crippen LogP contribution in [0.3, 0.4) is 0 Å². The lowest BCUT2D eigenvalue weighted by atomic mass is 10.1. The minimum absolute atomic E-state index is 0.478. The standard InChI is InChI=1S/C11H10FN3O2S/c1-11(2,7-14)15-18(16,17)10-5-3-4-9(12)8(10)6-13/h3-5,15H,1-2H3. The van der Waals surface area contributed by atoms with Crippen LogP contribution in [0, 0.1) is 28.5 Å². The highest BCUT2D eigenvalue weighted by molar-refractivity contribution is 7.89. The predicted molar refractivity (Wildman–Crippen MR) is 61.1 cm³/mol. The molecule has 7 heteroatoms. The van der Waals surface area contributed by atoms with Gasteiger partial charge in [0.1, 0.15) is 27.9 Å². The lowest BCUT2D eigenvalue weighted by molar-refractivity contribution is 0.533. The summed E-state index contributed by atoms with van der Waals surface area (Å²) < 4.78 is 39.3. The van der Waals surface area contributed by atoms with Crippen LogP contribution in [0.15, 0.2) is 23.1 Å². The van der Waals surface area contributed by atoms with Gasteiger partial charge in [0.2, 0.25) is 10.0 Å². The summed E-state index contributed by atoms with van der Waals surface area (Å²) in [5.41, 5.74) is -1.92. The predicted octanol–water partition coefficient (Wildman–Crippen LogP) is 1.28. The Bertz CT molecular complexity index is 654. The zero-order valence-electron chi connectivity index (χ0n) is 9.73. The Morgan fingerprint density at radius 2 is 1.94 bits per heavy atom. The molecule has 0 saturated carbocycles. The average molecular weight is 267 g/mol. The topological polar surface area (TPSA) is 93.8 Å². The fraction of sp³-hybridized carbons (Fsp3) is 0.273. The van der Waals surface area contributed by atoms with Crippen LogP contribution in [0.4, 0.5) is 4.39 Å². The molecule has 0 aliphatic rings. The third kappa shape index (κ3) is 2.83. The molecular formula is C11H10FN3O2S. The van der Waals surface area contributed by atoms with Crippen molar-refractivity contribution in [2.45, 2.75) is 24.3 Å². The SMILES string of the molecule is CC(C)(C#N)NS(=O)(=O)c1cccc(F)c1C#N. The minimum Gasteiger partial charge on any atom is -0.207 e. The van der Waals surface area contributed by atoms with E-state index in [0.717, 1.165) is 12.1 Å². The van der Waals surface area contributed by atoms with Gasteiger partial charge >= 0.3 is 0 Å². The Hall–Kier alpha value is -1.96. The second-order valence-corrected chi connectivity index (χ2v) is 5.72. The van der Waals surface area contributed by atoms with Crippen LogP contribution >= 0.6 is 0 Å². The number of rotatable bonds is 3. The molecule has 94 valence electrons. The molecule has 0 atom stereocenters. The van der Waals surface area contributed by atoms with Crippen LogP contribution in [0.5, 0.6) is 0 Å². The van der Waals surface area contributed by atoms with Gasteiger partial charge in [-0.25, -0.2) is 12.8 Å². The summed E-state index contributed by atoms with van der Waals surface area (Å²) >= 11 is 0. The lowest BCUT2D eigenvalue weighted by Gasteiger charge is -2.18. The first kappa shape index (κ1) is 14.1. The van der Waals surface area contributed by atoms with Crippen LogP contribution in [-0.4, -0.2) is 14.0 Å². The highest BCUT2D eigenvalue weighted by atomic mass is 32.2. The number of nitrogens with zero attached hydrogens (tertiary/aromatic N) is 2. The van der Waals surface area contributed by atoms with Crippen molar-refractivity contribution in [3.8, 4) is 12.1 Å². The quantitative estimate of drug-likeness (QED) is 0.892. The van der Waals surface area contributed by atoms with Gasteiger partial charge in [-0.1, -0.05) is 6.07 Å². The Kier molecular flexibility index (Phi) is 3.70. The monoisotopic (exact) mass is 267 g/mol. The number of sulfonamides is 1. The molecule has 0 unspecified atom stereocenters. The molecule has 0 heterocycles. The number of hydrogen-bond donors (Lipinski definition) is 1. The third-order valence-electron chi connectivity index (χ3n) is 2.05. The van der Waals surface area contributed by atoms with Crippen molar-refractivity contribution < 1.29 is 12.8 Å². The van der Waals surface area contributed by atoms with E-state index in [2.05, 4.69) is 4.72 Å². The second-order valence-electron chi connectivity index (χ2n) is 4.07. The Morgan fingerprint density at radius 1 is 1.33 bits per heavy atom. The van der Waals surface area contributed by atoms with E-state index in [1.165, 1.54) is 26.0 Å².